The number of aromatic nitrogens is 3. The molecule has 2 aromatic heterocycles. The third kappa shape index (κ3) is 3.53. The molecule has 3 heterocycles. The van der Waals surface area contributed by atoms with E-state index in [0.29, 0.717) is 11.6 Å². The van der Waals surface area contributed by atoms with Gasteiger partial charge in [-0.3, -0.25) is 0 Å². The largest absolute Gasteiger partial charge is 0.381 e. The van der Waals surface area contributed by atoms with Gasteiger partial charge in [-0.05, 0) is 37.3 Å². The second kappa shape index (κ2) is 7.65. The number of imidazole rings is 1. The molecule has 0 bridgehead atoms. The van der Waals surface area contributed by atoms with E-state index in [1.807, 2.05) is 36.3 Å². The van der Waals surface area contributed by atoms with E-state index in [0.717, 1.165) is 50.5 Å². The monoisotopic (exact) mass is 327 g/mol. The Morgan fingerprint density at radius 2 is 2.25 bits per heavy atom. The summed E-state index contributed by atoms with van der Waals surface area (Å²) < 4.78 is 9.60. The molecule has 1 aliphatic rings. The summed E-state index contributed by atoms with van der Waals surface area (Å²) in [6.45, 7) is 5.43. The van der Waals surface area contributed by atoms with Crippen LogP contribution < -0.4 is 5.32 Å². The van der Waals surface area contributed by atoms with Crippen molar-refractivity contribution >= 4 is 0 Å². The van der Waals surface area contributed by atoms with Crippen LogP contribution in [0.15, 0.2) is 24.7 Å². The van der Waals surface area contributed by atoms with Crippen LogP contribution >= 0.6 is 0 Å². The zero-order valence-electron chi connectivity index (χ0n) is 14.4. The molecule has 6 heteroatoms. The van der Waals surface area contributed by atoms with E-state index in [2.05, 4.69) is 27.9 Å². The number of hydrogen-bond acceptors (Lipinski definition) is 4. The van der Waals surface area contributed by atoms with Gasteiger partial charge in [0.1, 0.15) is 17.6 Å². The van der Waals surface area contributed by atoms with E-state index in [1.165, 1.54) is 0 Å². The average Bonchev–Trinajstić information content (AvgIpc) is 3.22. The Morgan fingerprint density at radius 3 is 2.92 bits per heavy atom. The van der Waals surface area contributed by atoms with Gasteiger partial charge >= 0.3 is 0 Å². The molecule has 0 aromatic carbocycles. The van der Waals surface area contributed by atoms with Crippen molar-refractivity contribution in [3.05, 3.63) is 41.7 Å². The SMILES string of the molecule is CCn1ccnc1[C@@H](NCc1cc(C#N)n(C)c1)C1CCOCC1. The van der Waals surface area contributed by atoms with Crippen LogP contribution in [0.1, 0.15) is 42.9 Å². The lowest BCUT2D eigenvalue weighted by atomic mass is 9.91. The standard InChI is InChI=1S/C18H25N5O/c1-3-23-7-6-20-18(23)17(15-4-8-24-9-5-15)21-12-14-10-16(11-19)22(2)13-14/h6-7,10,13,15,17,21H,3-5,8-9,12H2,1-2H3/t17-/m0/s1. The number of nitrogens with zero attached hydrogens (tertiary/aromatic N) is 4. The first-order chi connectivity index (χ1) is 11.7. The smallest absolute Gasteiger partial charge is 0.126 e. The number of hydrogen-bond donors (Lipinski definition) is 1. The van der Waals surface area contributed by atoms with Gasteiger partial charge in [-0.2, -0.15) is 5.26 Å². The summed E-state index contributed by atoms with van der Waals surface area (Å²) in [5, 5.41) is 12.8. The van der Waals surface area contributed by atoms with Crippen molar-refractivity contribution in [1.29, 1.82) is 5.26 Å². The number of nitriles is 1. The van der Waals surface area contributed by atoms with Crippen LogP contribution in [0.2, 0.25) is 0 Å². The molecule has 1 aliphatic heterocycles. The molecule has 1 atom stereocenters. The Hall–Kier alpha value is -2.10. The predicted molar refractivity (Wildman–Crippen MR) is 91.2 cm³/mol. The van der Waals surface area contributed by atoms with Crippen molar-refractivity contribution in [2.45, 2.75) is 38.9 Å². The van der Waals surface area contributed by atoms with Crippen LogP contribution in [0.25, 0.3) is 0 Å². The molecule has 3 rings (SSSR count). The van der Waals surface area contributed by atoms with Gasteiger partial charge in [-0.1, -0.05) is 0 Å². The van der Waals surface area contributed by atoms with Crippen molar-refractivity contribution < 1.29 is 4.74 Å². The van der Waals surface area contributed by atoms with Gasteiger partial charge < -0.3 is 19.2 Å². The second-order valence-electron chi connectivity index (χ2n) is 6.34. The maximum absolute atomic E-state index is 9.11. The van der Waals surface area contributed by atoms with E-state index < -0.39 is 0 Å². The molecule has 0 aliphatic carbocycles. The zero-order chi connectivity index (χ0) is 16.9. The molecule has 6 nitrogen and oxygen atoms in total. The van der Waals surface area contributed by atoms with Crippen molar-refractivity contribution in [3.8, 4) is 6.07 Å². The lowest BCUT2D eigenvalue weighted by molar-refractivity contribution is 0.0517. The molecule has 1 fully saturated rings. The summed E-state index contributed by atoms with van der Waals surface area (Å²) in [6.07, 6.45) is 8.03. The number of rotatable bonds is 6. The van der Waals surface area contributed by atoms with Crippen molar-refractivity contribution in [1.82, 2.24) is 19.4 Å². The van der Waals surface area contributed by atoms with E-state index in [9.17, 15) is 0 Å². The molecule has 0 radical (unpaired) electrons. The molecular formula is C18H25N5O. The highest BCUT2D eigenvalue weighted by atomic mass is 16.5. The first kappa shape index (κ1) is 16.7. The highest BCUT2D eigenvalue weighted by Crippen LogP contribution is 2.29. The maximum Gasteiger partial charge on any atom is 0.126 e. The lowest BCUT2D eigenvalue weighted by Gasteiger charge is -2.31. The van der Waals surface area contributed by atoms with Gasteiger partial charge in [0.05, 0.1) is 6.04 Å². The molecule has 0 spiro atoms. The molecule has 128 valence electrons. The molecular weight excluding hydrogens is 302 g/mol. The van der Waals surface area contributed by atoms with Gasteiger partial charge in [-0.25, -0.2) is 4.98 Å². The van der Waals surface area contributed by atoms with E-state index >= 15 is 0 Å². The Labute approximate surface area is 143 Å². The van der Waals surface area contributed by atoms with Crippen molar-refractivity contribution in [2.75, 3.05) is 13.2 Å². The molecule has 2 aromatic rings. The van der Waals surface area contributed by atoms with Gasteiger partial charge in [0.15, 0.2) is 0 Å². The highest BCUT2D eigenvalue weighted by Gasteiger charge is 2.28. The number of ether oxygens (including phenoxy) is 1. The fraction of sp³-hybridized carbons (Fsp3) is 0.556. The van der Waals surface area contributed by atoms with E-state index in [4.69, 9.17) is 10.00 Å². The summed E-state index contributed by atoms with van der Waals surface area (Å²) in [7, 11) is 1.90. The minimum atomic E-state index is 0.203. The molecule has 1 N–H and O–H groups in total. The van der Waals surface area contributed by atoms with Gasteiger partial charge in [-0.15, -0.1) is 0 Å². The van der Waals surface area contributed by atoms with E-state index in [1.54, 1.807) is 0 Å². The van der Waals surface area contributed by atoms with Crippen LogP contribution in [0.4, 0.5) is 0 Å². The third-order valence-corrected chi connectivity index (χ3v) is 4.81. The Kier molecular flexibility index (Phi) is 5.34. The fourth-order valence-electron chi connectivity index (χ4n) is 3.45. The topological polar surface area (TPSA) is 67.8 Å². The molecule has 0 saturated carbocycles. The molecule has 0 unspecified atom stereocenters. The average molecular weight is 327 g/mol. The first-order valence-electron chi connectivity index (χ1n) is 8.60. The summed E-state index contributed by atoms with van der Waals surface area (Å²) in [5.41, 5.74) is 1.81. The van der Waals surface area contributed by atoms with Gasteiger partial charge in [0.2, 0.25) is 0 Å². The third-order valence-electron chi connectivity index (χ3n) is 4.81. The van der Waals surface area contributed by atoms with Crippen LogP contribution in [-0.4, -0.2) is 27.3 Å². The summed E-state index contributed by atoms with van der Waals surface area (Å²) >= 11 is 0. The molecule has 1 saturated heterocycles. The van der Waals surface area contributed by atoms with Gasteiger partial charge in [0.25, 0.3) is 0 Å². The Morgan fingerprint density at radius 1 is 1.46 bits per heavy atom. The Bertz CT molecular complexity index is 705. The lowest BCUT2D eigenvalue weighted by Crippen LogP contribution is -2.33. The normalized spacial score (nSPS) is 16.9. The van der Waals surface area contributed by atoms with E-state index in [-0.39, 0.29) is 6.04 Å². The van der Waals surface area contributed by atoms with Crippen LogP contribution in [0.5, 0.6) is 0 Å². The van der Waals surface area contributed by atoms with Crippen LogP contribution in [0, 0.1) is 17.2 Å². The first-order valence-corrected chi connectivity index (χ1v) is 8.60. The predicted octanol–water partition coefficient (Wildman–Crippen LogP) is 2.37. The second-order valence-corrected chi connectivity index (χ2v) is 6.34. The summed E-state index contributed by atoms with van der Waals surface area (Å²) in [6, 6.07) is 4.36. The quantitative estimate of drug-likeness (QED) is 0.884. The van der Waals surface area contributed by atoms with Crippen LogP contribution in [0.3, 0.4) is 0 Å². The molecule has 24 heavy (non-hydrogen) atoms. The summed E-state index contributed by atoms with van der Waals surface area (Å²) in [4.78, 5) is 4.62. The Balaban J connectivity index is 1.77. The number of aryl methyl sites for hydroxylation is 2. The highest BCUT2D eigenvalue weighted by molar-refractivity contribution is 5.28. The minimum Gasteiger partial charge on any atom is -0.381 e. The maximum atomic E-state index is 9.11. The summed E-state index contributed by atoms with van der Waals surface area (Å²) in [5.74, 6) is 1.62. The molecule has 0 amide bonds. The minimum absolute atomic E-state index is 0.203. The van der Waals surface area contributed by atoms with Crippen molar-refractivity contribution in [3.63, 3.8) is 0 Å². The van der Waals surface area contributed by atoms with Crippen molar-refractivity contribution in [2.24, 2.45) is 13.0 Å². The van der Waals surface area contributed by atoms with Crippen LogP contribution in [-0.2, 0) is 24.9 Å². The number of nitrogens with one attached hydrogen (secondary N) is 1. The zero-order valence-corrected chi connectivity index (χ0v) is 14.4. The van der Waals surface area contributed by atoms with Gasteiger partial charge in [0, 0.05) is 51.9 Å². The fourth-order valence-corrected chi connectivity index (χ4v) is 3.45.